The van der Waals surface area contributed by atoms with Crippen molar-refractivity contribution in [1.82, 2.24) is 0 Å². The number of aliphatic hydroxyl groups excluding tert-OH is 1. The van der Waals surface area contributed by atoms with Gasteiger partial charge in [-0.1, -0.05) is 22.9 Å². The monoisotopic (exact) mass is 271 g/mol. The van der Waals surface area contributed by atoms with Gasteiger partial charge in [0.2, 0.25) is 0 Å². The molecule has 0 aliphatic rings. The number of nitrogens with zero attached hydrogens (tertiary/aromatic N) is 1. The fourth-order valence-electron chi connectivity index (χ4n) is 1.66. The fraction of sp³-hybridized carbons (Fsp3) is 0.500. The molecule has 1 N–H and O–H groups in total. The Balaban J connectivity index is 3.05. The summed E-state index contributed by atoms with van der Waals surface area (Å²) in [5, 5.41) is 9.70. The maximum atomic E-state index is 9.70. The van der Waals surface area contributed by atoms with Crippen LogP contribution in [0, 0.1) is 0 Å². The number of halogens is 1. The molecule has 0 saturated heterocycles. The summed E-state index contributed by atoms with van der Waals surface area (Å²) in [4.78, 5) is 2.18. The van der Waals surface area contributed by atoms with Gasteiger partial charge < -0.3 is 10.0 Å². The van der Waals surface area contributed by atoms with Gasteiger partial charge in [-0.25, -0.2) is 0 Å². The van der Waals surface area contributed by atoms with E-state index >= 15 is 0 Å². The summed E-state index contributed by atoms with van der Waals surface area (Å²) < 4.78 is 1.01. The van der Waals surface area contributed by atoms with Gasteiger partial charge in [0.1, 0.15) is 0 Å². The highest BCUT2D eigenvalue weighted by Crippen LogP contribution is 2.28. The van der Waals surface area contributed by atoms with Gasteiger partial charge in [-0.2, -0.15) is 0 Å². The Hall–Kier alpha value is -0.540. The first-order valence-corrected chi connectivity index (χ1v) is 6.04. The minimum absolute atomic E-state index is 0.434. The van der Waals surface area contributed by atoms with Gasteiger partial charge in [0.05, 0.1) is 6.10 Å². The molecule has 3 heteroatoms. The number of hydrogen-bond acceptors (Lipinski definition) is 2. The van der Waals surface area contributed by atoms with E-state index < -0.39 is 6.10 Å². The summed E-state index contributed by atoms with van der Waals surface area (Å²) in [6, 6.07) is 6.03. The second-order valence-electron chi connectivity index (χ2n) is 3.80. The summed E-state index contributed by atoms with van der Waals surface area (Å²) in [5.74, 6) is 0. The molecular weight excluding hydrogens is 254 g/mol. The third-order valence-corrected chi connectivity index (χ3v) is 2.90. The zero-order valence-corrected chi connectivity index (χ0v) is 11.1. The van der Waals surface area contributed by atoms with Gasteiger partial charge in [-0.3, -0.25) is 0 Å². The second kappa shape index (κ2) is 5.52. The molecule has 0 fully saturated rings. The molecule has 0 bridgehead atoms. The molecule has 1 unspecified atom stereocenters. The van der Waals surface area contributed by atoms with Crippen LogP contribution in [0.5, 0.6) is 0 Å². The zero-order chi connectivity index (χ0) is 11.4. The maximum absolute atomic E-state index is 9.70. The summed E-state index contributed by atoms with van der Waals surface area (Å²) in [7, 11) is 2.05. The standard InChI is InChI=1S/C12H18BrNO/c1-4-7-14(3)12-6-5-10(13)8-11(12)9(2)15/h5-6,8-9,15H,4,7H2,1-3H3. The van der Waals surface area contributed by atoms with Crippen LogP contribution in [-0.4, -0.2) is 18.7 Å². The number of rotatable bonds is 4. The van der Waals surface area contributed by atoms with Crippen LogP contribution in [0.25, 0.3) is 0 Å². The van der Waals surface area contributed by atoms with Gasteiger partial charge >= 0.3 is 0 Å². The maximum Gasteiger partial charge on any atom is 0.0782 e. The van der Waals surface area contributed by atoms with Crippen LogP contribution < -0.4 is 4.90 Å². The molecule has 0 aliphatic heterocycles. The van der Waals surface area contributed by atoms with Crippen LogP contribution >= 0.6 is 15.9 Å². The van der Waals surface area contributed by atoms with E-state index in [0.29, 0.717) is 0 Å². The Morgan fingerprint density at radius 1 is 1.47 bits per heavy atom. The molecule has 1 atom stereocenters. The van der Waals surface area contributed by atoms with Crippen molar-refractivity contribution in [2.24, 2.45) is 0 Å². The molecule has 0 saturated carbocycles. The van der Waals surface area contributed by atoms with Gasteiger partial charge in [0.15, 0.2) is 0 Å². The lowest BCUT2D eigenvalue weighted by atomic mass is 10.1. The number of aliphatic hydroxyl groups is 1. The van der Waals surface area contributed by atoms with E-state index in [1.54, 1.807) is 6.92 Å². The van der Waals surface area contributed by atoms with Crippen molar-refractivity contribution in [3.63, 3.8) is 0 Å². The SMILES string of the molecule is CCCN(C)c1ccc(Br)cc1C(C)O. The van der Waals surface area contributed by atoms with E-state index in [1.165, 1.54) is 0 Å². The van der Waals surface area contributed by atoms with Crippen molar-refractivity contribution in [2.75, 3.05) is 18.5 Å². The first kappa shape index (κ1) is 12.5. The summed E-state index contributed by atoms with van der Waals surface area (Å²) in [5.41, 5.74) is 2.08. The number of hydrogen-bond donors (Lipinski definition) is 1. The molecule has 0 amide bonds. The smallest absolute Gasteiger partial charge is 0.0782 e. The summed E-state index contributed by atoms with van der Waals surface area (Å²) >= 11 is 3.42. The van der Waals surface area contributed by atoms with E-state index in [4.69, 9.17) is 0 Å². The van der Waals surface area contributed by atoms with E-state index in [2.05, 4.69) is 34.8 Å². The van der Waals surface area contributed by atoms with Crippen molar-refractivity contribution in [2.45, 2.75) is 26.4 Å². The molecule has 1 rings (SSSR count). The Kier molecular flexibility index (Phi) is 4.61. The van der Waals surface area contributed by atoms with Crippen LogP contribution in [-0.2, 0) is 0 Å². The average Bonchev–Trinajstić information content (AvgIpc) is 2.17. The minimum Gasteiger partial charge on any atom is -0.389 e. The van der Waals surface area contributed by atoms with Gasteiger partial charge in [-0.05, 0) is 31.5 Å². The first-order valence-electron chi connectivity index (χ1n) is 5.25. The third kappa shape index (κ3) is 3.21. The number of anilines is 1. The molecule has 0 aliphatic carbocycles. The summed E-state index contributed by atoms with van der Waals surface area (Å²) in [6.45, 7) is 4.95. The van der Waals surface area contributed by atoms with Crippen LogP contribution in [0.2, 0.25) is 0 Å². The normalized spacial score (nSPS) is 12.6. The zero-order valence-electron chi connectivity index (χ0n) is 9.50. The third-order valence-electron chi connectivity index (χ3n) is 2.41. The molecule has 1 aromatic carbocycles. The predicted molar refractivity (Wildman–Crippen MR) is 68.3 cm³/mol. The largest absolute Gasteiger partial charge is 0.389 e. The van der Waals surface area contributed by atoms with Crippen molar-refractivity contribution >= 4 is 21.6 Å². The molecular formula is C12H18BrNO. The molecule has 0 radical (unpaired) electrons. The Bertz CT molecular complexity index is 325. The number of benzene rings is 1. The lowest BCUT2D eigenvalue weighted by molar-refractivity contribution is 0.199. The van der Waals surface area contributed by atoms with Crippen LogP contribution in [0.1, 0.15) is 31.9 Å². The molecule has 0 heterocycles. The van der Waals surface area contributed by atoms with Crippen LogP contribution in [0.4, 0.5) is 5.69 Å². The Labute approximate surface area is 100 Å². The molecule has 0 spiro atoms. The van der Waals surface area contributed by atoms with Crippen LogP contribution in [0.3, 0.4) is 0 Å². The lowest BCUT2D eigenvalue weighted by Gasteiger charge is -2.23. The first-order chi connectivity index (χ1) is 7.06. The van der Waals surface area contributed by atoms with Gasteiger partial charge in [0.25, 0.3) is 0 Å². The minimum atomic E-state index is -0.434. The second-order valence-corrected chi connectivity index (χ2v) is 4.72. The Morgan fingerprint density at radius 3 is 2.67 bits per heavy atom. The molecule has 0 aromatic heterocycles. The topological polar surface area (TPSA) is 23.5 Å². The fourth-order valence-corrected chi connectivity index (χ4v) is 2.04. The highest BCUT2D eigenvalue weighted by Gasteiger charge is 2.11. The molecule has 84 valence electrons. The lowest BCUT2D eigenvalue weighted by Crippen LogP contribution is -2.19. The van der Waals surface area contributed by atoms with Crippen molar-refractivity contribution < 1.29 is 5.11 Å². The van der Waals surface area contributed by atoms with Gasteiger partial charge in [-0.15, -0.1) is 0 Å². The van der Waals surface area contributed by atoms with E-state index in [0.717, 1.165) is 28.7 Å². The van der Waals surface area contributed by atoms with Crippen molar-refractivity contribution in [3.05, 3.63) is 28.2 Å². The van der Waals surface area contributed by atoms with E-state index in [-0.39, 0.29) is 0 Å². The molecule has 2 nitrogen and oxygen atoms in total. The van der Waals surface area contributed by atoms with Crippen molar-refractivity contribution in [3.8, 4) is 0 Å². The predicted octanol–water partition coefficient (Wildman–Crippen LogP) is 3.35. The van der Waals surface area contributed by atoms with Gasteiger partial charge in [0, 0.05) is 29.3 Å². The van der Waals surface area contributed by atoms with Crippen LogP contribution in [0.15, 0.2) is 22.7 Å². The Morgan fingerprint density at radius 2 is 2.13 bits per heavy atom. The molecule has 15 heavy (non-hydrogen) atoms. The van der Waals surface area contributed by atoms with E-state index in [9.17, 15) is 5.11 Å². The molecule has 1 aromatic rings. The van der Waals surface area contributed by atoms with Crippen molar-refractivity contribution in [1.29, 1.82) is 0 Å². The summed E-state index contributed by atoms with van der Waals surface area (Å²) in [6.07, 6.45) is 0.669. The quantitative estimate of drug-likeness (QED) is 0.908. The average molecular weight is 272 g/mol. The van der Waals surface area contributed by atoms with E-state index in [1.807, 2.05) is 18.2 Å². The highest BCUT2D eigenvalue weighted by molar-refractivity contribution is 9.10. The highest BCUT2D eigenvalue weighted by atomic mass is 79.9.